The molecule has 2 fully saturated rings. The van der Waals surface area contributed by atoms with Crippen LogP contribution in [0, 0.1) is 0 Å². The topological polar surface area (TPSA) is 59.9 Å². The number of halogens is 1. The molecule has 0 aromatic heterocycles. The summed E-state index contributed by atoms with van der Waals surface area (Å²) in [4.78, 5) is 7.19. The molecule has 1 aliphatic heterocycles. The third-order valence-electron chi connectivity index (χ3n) is 4.88. The van der Waals surface area contributed by atoms with Crippen LogP contribution in [0.5, 0.6) is 0 Å². The Kier molecular flexibility index (Phi) is 9.77. The van der Waals surface area contributed by atoms with Crippen molar-refractivity contribution >= 4 is 29.9 Å². The average molecular weight is 438 g/mol. The van der Waals surface area contributed by atoms with Gasteiger partial charge < -0.3 is 20.6 Å². The lowest BCUT2D eigenvalue weighted by Gasteiger charge is -2.33. The van der Waals surface area contributed by atoms with Crippen LogP contribution in [0.2, 0.25) is 0 Å². The fourth-order valence-electron chi connectivity index (χ4n) is 3.55. The normalized spacial score (nSPS) is 22.7. The summed E-state index contributed by atoms with van der Waals surface area (Å²) in [6, 6.07) is 0.504. The molecule has 2 rings (SSSR count). The van der Waals surface area contributed by atoms with Crippen molar-refractivity contribution in [2.45, 2.75) is 70.4 Å². The van der Waals surface area contributed by atoms with E-state index in [2.05, 4.69) is 34.4 Å². The van der Waals surface area contributed by atoms with E-state index in [1.165, 1.54) is 38.9 Å². The molecule has 0 unspecified atom stereocenters. The van der Waals surface area contributed by atoms with Gasteiger partial charge in [0, 0.05) is 25.7 Å². The van der Waals surface area contributed by atoms with Gasteiger partial charge in [-0.2, -0.15) is 0 Å². The minimum absolute atomic E-state index is 0. The van der Waals surface area contributed by atoms with Crippen LogP contribution < -0.4 is 10.6 Å². The number of piperidine rings is 1. The van der Waals surface area contributed by atoms with Crippen molar-refractivity contribution < 1.29 is 5.11 Å². The molecule has 6 heteroatoms. The Hall–Kier alpha value is -0.0800. The maximum absolute atomic E-state index is 10.4. The number of aliphatic hydroxyl groups is 1. The average Bonchev–Trinajstić information content (AvgIpc) is 2.95. The van der Waals surface area contributed by atoms with Gasteiger partial charge in [0.15, 0.2) is 5.96 Å². The van der Waals surface area contributed by atoms with Gasteiger partial charge in [0.2, 0.25) is 0 Å². The Labute approximate surface area is 158 Å². The van der Waals surface area contributed by atoms with Crippen molar-refractivity contribution in [1.82, 2.24) is 15.5 Å². The lowest BCUT2D eigenvalue weighted by Crippen LogP contribution is -2.49. The highest BCUT2D eigenvalue weighted by molar-refractivity contribution is 14.0. The zero-order valence-corrected chi connectivity index (χ0v) is 17.1. The van der Waals surface area contributed by atoms with Crippen molar-refractivity contribution in [1.29, 1.82) is 0 Å². The summed E-state index contributed by atoms with van der Waals surface area (Å²) in [5, 5.41) is 17.3. The second-order valence-electron chi connectivity index (χ2n) is 6.89. The van der Waals surface area contributed by atoms with Crippen LogP contribution in [0.4, 0.5) is 0 Å². The van der Waals surface area contributed by atoms with E-state index in [1.807, 2.05) is 0 Å². The molecule has 0 atom stereocenters. The lowest BCUT2D eigenvalue weighted by atomic mass is 10.0. The summed E-state index contributed by atoms with van der Waals surface area (Å²) in [6.07, 6.45) is 7.64. The quantitative estimate of drug-likeness (QED) is 0.339. The largest absolute Gasteiger partial charge is 0.388 e. The second kappa shape index (κ2) is 10.7. The van der Waals surface area contributed by atoms with Crippen molar-refractivity contribution in [3.63, 3.8) is 0 Å². The molecule has 1 saturated carbocycles. The Morgan fingerprint density at radius 1 is 1.22 bits per heavy atom. The van der Waals surface area contributed by atoms with Gasteiger partial charge in [-0.15, -0.1) is 24.0 Å². The van der Waals surface area contributed by atoms with E-state index < -0.39 is 5.60 Å². The summed E-state index contributed by atoms with van der Waals surface area (Å²) in [5.41, 5.74) is -0.563. The number of hydrogen-bond donors (Lipinski definition) is 3. The first-order chi connectivity index (χ1) is 10.6. The van der Waals surface area contributed by atoms with E-state index in [0.717, 1.165) is 38.2 Å². The van der Waals surface area contributed by atoms with Gasteiger partial charge in [0.05, 0.1) is 12.1 Å². The predicted molar refractivity (Wildman–Crippen MR) is 108 cm³/mol. The molecular formula is C17H35IN4O. The Morgan fingerprint density at radius 3 is 2.43 bits per heavy atom. The first-order valence-corrected chi connectivity index (χ1v) is 9.15. The number of rotatable bonds is 6. The molecule has 0 amide bonds. The molecule has 0 bridgehead atoms. The van der Waals surface area contributed by atoms with Crippen LogP contribution in [0.1, 0.15) is 58.8 Å². The van der Waals surface area contributed by atoms with Crippen LogP contribution in [0.3, 0.4) is 0 Å². The third-order valence-corrected chi connectivity index (χ3v) is 4.88. The van der Waals surface area contributed by atoms with E-state index in [-0.39, 0.29) is 24.0 Å². The maximum atomic E-state index is 10.4. The monoisotopic (exact) mass is 438 g/mol. The number of aliphatic imine (C=N–C) groups is 1. The van der Waals surface area contributed by atoms with E-state index in [0.29, 0.717) is 12.6 Å². The highest BCUT2D eigenvalue weighted by atomic mass is 127. The minimum atomic E-state index is -0.563. The zero-order chi connectivity index (χ0) is 15.8. The molecule has 1 heterocycles. The summed E-state index contributed by atoms with van der Waals surface area (Å²) < 4.78 is 0. The van der Waals surface area contributed by atoms with Crippen molar-refractivity contribution in [3.05, 3.63) is 0 Å². The van der Waals surface area contributed by atoms with Gasteiger partial charge in [-0.25, -0.2) is 0 Å². The SMILES string of the molecule is CCCN1CCC(NC(=NCC2(O)CCCC2)NCC)CC1.I. The summed E-state index contributed by atoms with van der Waals surface area (Å²) in [5.74, 6) is 0.872. The molecule has 0 radical (unpaired) electrons. The number of guanidine groups is 1. The fourth-order valence-corrected chi connectivity index (χ4v) is 3.55. The molecule has 0 aromatic rings. The number of likely N-dealkylation sites (tertiary alicyclic amines) is 1. The summed E-state index contributed by atoms with van der Waals surface area (Å²) >= 11 is 0. The van der Waals surface area contributed by atoms with Gasteiger partial charge in [-0.05, 0) is 45.6 Å². The van der Waals surface area contributed by atoms with E-state index in [1.54, 1.807) is 0 Å². The van der Waals surface area contributed by atoms with Crippen molar-refractivity contribution in [3.8, 4) is 0 Å². The molecule has 2 aliphatic rings. The third kappa shape index (κ3) is 7.13. The van der Waals surface area contributed by atoms with Crippen LogP contribution in [-0.4, -0.2) is 60.3 Å². The van der Waals surface area contributed by atoms with E-state index >= 15 is 0 Å². The standard InChI is InChI=1S/C17H34N4O.HI/c1-3-11-21-12-7-15(8-13-21)20-16(18-4-2)19-14-17(22)9-5-6-10-17;/h15,22H,3-14H2,1-2H3,(H2,18,19,20);1H. The molecular weight excluding hydrogens is 403 g/mol. The first kappa shape index (κ1) is 21.0. The molecule has 136 valence electrons. The van der Waals surface area contributed by atoms with Crippen LogP contribution in [0.15, 0.2) is 4.99 Å². The molecule has 1 aliphatic carbocycles. The van der Waals surface area contributed by atoms with Gasteiger partial charge in [0.25, 0.3) is 0 Å². The summed E-state index contributed by atoms with van der Waals surface area (Å²) in [7, 11) is 0. The molecule has 3 N–H and O–H groups in total. The van der Waals surface area contributed by atoms with E-state index in [9.17, 15) is 5.11 Å². The number of nitrogens with one attached hydrogen (secondary N) is 2. The zero-order valence-electron chi connectivity index (χ0n) is 14.8. The highest BCUT2D eigenvalue weighted by Gasteiger charge is 2.31. The van der Waals surface area contributed by atoms with Crippen molar-refractivity contribution in [2.75, 3.05) is 32.7 Å². The lowest BCUT2D eigenvalue weighted by molar-refractivity contribution is 0.0573. The molecule has 23 heavy (non-hydrogen) atoms. The summed E-state index contributed by atoms with van der Waals surface area (Å²) in [6.45, 7) is 9.28. The van der Waals surface area contributed by atoms with Gasteiger partial charge in [-0.1, -0.05) is 19.8 Å². The Morgan fingerprint density at radius 2 is 1.87 bits per heavy atom. The van der Waals surface area contributed by atoms with Crippen LogP contribution in [-0.2, 0) is 0 Å². The number of nitrogens with zero attached hydrogens (tertiary/aromatic N) is 2. The predicted octanol–water partition coefficient (Wildman–Crippen LogP) is 2.34. The maximum Gasteiger partial charge on any atom is 0.191 e. The fraction of sp³-hybridized carbons (Fsp3) is 0.941. The van der Waals surface area contributed by atoms with Gasteiger partial charge >= 0.3 is 0 Å². The van der Waals surface area contributed by atoms with Crippen LogP contribution >= 0.6 is 24.0 Å². The number of hydrogen-bond acceptors (Lipinski definition) is 3. The van der Waals surface area contributed by atoms with Crippen LogP contribution in [0.25, 0.3) is 0 Å². The molecule has 1 saturated heterocycles. The first-order valence-electron chi connectivity index (χ1n) is 9.15. The van der Waals surface area contributed by atoms with Crippen molar-refractivity contribution in [2.24, 2.45) is 4.99 Å². The molecule has 5 nitrogen and oxygen atoms in total. The molecule has 0 spiro atoms. The smallest absolute Gasteiger partial charge is 0.191 e. The Balaban J connectivity index is 0.00000264. The Bertz CT molecular complexity index is 351. The second-order valence-corrected chi connectivity index (χ2v) is 6.89. The van der Waals surface area contributed by atoms with E-state index in [4.69, 9.17) is 0 Å². The molecule has 0 aromatic carbocycles. The minimum Gasteiger partial charge on any atom is -0.388 e. The van der Waals surface area contributed by atoms with Gasteiger partial charge in [-0.3, -0.25) is 4.99 Å². The highest BCUT2D eigenvalue weighted by Crippen LogP contribution is 2.29. The van der Waals surface area contributed by atoms with Gasteiger partial charge in [0.1, 0.15) is 0 Å².